The molecule has 0 aliphatic carbocycles. The van der Waals surface area contributed by atoms with E-state index in [0.717, 1.165) is 19.6 Å². The van der Waals surface area contributed by atoms with Crippen LogP contribution in [0.3, 0.4) is 0 Å². The van der Waals surface area contributed by atoms with E-state index in [-0.39, 0.29) is 0 Å². The van der Waals surface area contributed by atoms with E-state index in [9.17, 15) is 0 Å². The number of aromatic nitrogens is 2. The highest BCUT2D eigenvalue weighted by molar-refractivity contribution is 14.2. The smallest absolute Gasteiger partial charge is 0.0735 e. The van der Waals surface area contributed by atoms with Crippen molar-refractivity contribution in [3.63, 3.8) is 0 Å². The molecule has 0 bridgehead atoms. The zero-order valence-electron chi connectivity index (χ0n) is 10.1. The van der Waals surface area contributed by atoms with Crippen LogP contribution >= 0.6 is 28.4 Å². The van der Waals surface area contributed by atoms with E-state index >= 15 is 0 Å². The van der Waals surface area contributed by atoms with Crippen molar-refractivity contribution in [2.45, 2.75) is 13.3 Å². The van der Waals surface area contributed by atoms with Gasteiger partial charge >= 0.3 is 0 Å². The zero-order valence-corrected chi connectivity index (χ0v) is 13.3. The van der Waals surface area contributed by atoms with Gasteiger partial charge in [0.05, 0.1) is 31.3 Å². The van der Waals surface area contributed by atoms with Crippen LogP contribution < -0.4 is 0 Å². The van der Waals surface area contributed by atoms with Crippen LogP contribution in [0.5, 0.6) is 0 Å². The molecule has 0 fully saturated rings. The summed E-state index contributed by atoms with van der Waals surface area (Å²) < 4.78 is 7.45. The lowest BCUT2D eigenvalue weighted by Crippen LogP contribution is -2.04. The van der Waals surface area contributed by atoms with E-state index in [1.165, 1.54) is 27.6 Å². The summed E-state index contributed by atoms with van der Waals surface area (Å²) in [6.07, 6.45) is 5.80. The Morgan fingerprint density at radius 1 is 1.44 bits per heavy atom. The van der Waals surface area contributed by atoms with E-state index in [1.807, 2.05) is 6.20 Å². The predicted octanol–water partition coefficient (Wildman–Crippen LogP) is 3.94. The summed E-state index contributed by atoms with van der Waals surface area (Å²) in [6.45, 7) is 3.74. The standard InChI is InChI=1S/C13H14IN2OP/c1-9-6-11-8-15-16(18-14)13(11)7-12(9)10-2-4-17-5-3-10/h2,6-8,18H,3-5H2,1H3. The van der Waals surface area contributed by atoms with Gasteiger partial charge in [-0.05, 0) is 64.2 Å². The lowest BCUT2D eigenvalue weighted by Gasteiger charge is -2.16. The molecule has 0 radical (unpaired) electrons. The first-order valence-electron chi connectivity index (χ1n) is 5.92. The van der Waals surface area contributed by atoms with Crippen molar-refractivity contribution in [2.24, 2.45) is 0 Å². The summed E-state index contributed by atoms with van der Waals surface area (Å²) >= 11 is 2.37. The van der Waals surface area contributed by atoms with Gasteiger partial charge in [-0.15, -0.1) is 0 Å². The average Bonchev–Trinajstić information content (AvgIpc) is 2.80. The van der Waals surface area contributed by atoms with Crippen LogP contribution in [-0.2, 0) is 4.74 Å². The van der Waals surface area contributed by atoms with E-state index in [0.29, 0.717) is 6.37 Å². The van der Waals surface area contributed by atoms with Crippen LogP contribution in [0.25, 0.3) is 16.5 Å². The van der Waals surface area contributed by atoms with E-state index < -0.39 is 0 Å². The first-order valence-corrected chi connectivity index (χ1v) is 9.98. The summed E-state index contributed by atoms with van der Waals surface area (Å²) in [4.78, 5) is 0. The van der Waals surface area contributed by atoms with Crippen molar-refractivity contribution >= 4 is 44.9 Å². The fourth-order valence-electron chi connectivity index (χ4n) is 2.37. The van der Waals surface area contributed by atoms with Crippen LogP contribution in [0.1, 0.15) is 17.5 Å². The molecule has 0 saturated heterocycles. The molecule has 0 spiro atoms. The Balaban J connectivity index is 2.16. The third-order valence-electron chi connectivity index (χ3n) is 3.30. The summed E-state index contributed by atoms with van der Waals surface area (Å²) in [5.41, 5.74) is 5.31. The minimum Gasteiger partial charge on any atom is -0.377 e. The number of fused-ring (bicyclic) bond motifs is 1. The predicted molar refractivity (Wildman–Crippen MR) is 85.6 cm³/mol. The maximum Gasteiger partial charge on any atom is 0.0735 e. The van der Waals surface area contributed by atoms with Gasteiger partial charge in [0.1, 0.15) is 0 Å². The lowest BCUT2D eigenvalue weighted by atomic mass is 9.96. The number of hydrogen-bond donors (Lipinski definition) is 0. The molecule has 0 N–H and O–H groups in total. The Hall–Kier alpha value is -0.450. The minimum atomic E-state index is 0.642. The molecule has 18 heavy (non-hydrogen) atoms. The summed E-state index contributed by atoms with van der Waals surface area (Å²) in [7, 11) is 0. The highest BCUT2D eigenvalue weighted by atomic mass is 127. The molecule has 3 nitrogen and oxygen atoms in total. The van der Waals surface area contributed by atoms with E-state index in [4.69, 9.17) is 4.74 Å². The van der Waals surface area contributed by atoms with Gasteiger partial charge in [-0.2, -0.15) is 5.10 Å². The third kappa shape index (κ3) is 2.22. The fraction of sp³-hybridized carbons (Fsp3) is 0.308. The zero-order chi connectivity index (χ0) is 12.5. The Morgan fingerprint density at radius 3 is 3.06 bits per heavy atom. The monoisotopic (exact) mass is 372 g/mol. The first kappa shape index (κ1) is 12.6. The van der Waals surface area contributed by atoms with Gasteiger partial charge < -0.3 is 4.74 Å². The van der Waals surface area contributed by atoms with Crippen LogP contribution in [-0.4, -0.2) is 22.8 Å². The van der Waals surface area contributed by atoms with Crippen molar-refractivity contribution in [3.8, 4) is 0 Å². The summed E-state index contributed by atoms with van der Waals surface area (Å²) in [6, 6.07) is 4.52. The first-order chi connectivity index (χ1) is 8.79. The number of ether oxygens (including phenoxy) is 1. The number of benzene rings is 1. The molecular formula is C13H14IN2OP. The Labute approximate surface area is 121 Å². The summed E-state index contributed by atoms with van der Waals surface area (Å²) in [5.74, 6) is 0. The van der Waals surface area contributed by atoms with Crippen LogP contribution in [0.15, 0.2) is 24.4 Å². The van der Waals surface area contributed by atoms with Gasteiger partial charge in [-0.3, -0.25) is 0 Å². The second kappa shape index (κ2) is 5.27. The molecule has 2 heterocycles. The van der Waals surface area contributed by atoms with Crippen molar-refractivity contribution < 1.29 is 4.74 Å². The fourth-order valence-corrected chi connectivity index (χ4v) is 3.91. The van der Waals surface area contributed by atoms with Gasteiger partial charge in [0.15, 0.2) is 0 Å². The Bertz CT molecular complexity index is 621. The quantitative estimate of drug-likeness (QED) is 0.590. The van der Waals surface area contributed by atoms with Crippen molar-refractivity contribution in [1.29, 1.82) is 0 Å². The highest BCUT2D eigenvalue weighted by Gasteiger charge is 2.12. The molecule has 2 aromatic rings. The summed E-state index contributed by atoms with van der Waals surface area (Å²) in [5, 5.41) is 5.65. The maximum atomic E-state index is 5.38. The van der Waals surface area contributed by atoms with E-state index in [1.54, 1.807) is 0 Å². The molecule has 1 aromatic heterocycles. The molecule has 0 saturated carbocycles. The number of rotatable bonds is 2. The maximum absolute atomic E-state index is 5.38. The van der Waals surface area contributed by atoms with Gasteiger partial charge in [0, 0.05) is 5.39 Å². The number of halogens is 1. The largest absolute Gasteiger partial charge is 0.377 e. The highest BCUT2D eigenvalue weighted by Crippen LogP contribution is 2.32. The normalized spacial score (nSPS) is 16.7. The van der Waals surface area contributed by atoms with Gasteiger partial charge in [-0.25, -0.2) is 4.45 Å². The molecule has 1 aliphatic rings. The van der Waals surface area contributed by atoms with Crippen LogP contribution in [0.2, 0.25) is 0 Å². The number of nitrogens with zero attached hydrogens (tertiary/aromatic N) is 2. The van der Waals surface area contributed by atoms with Gasteiger partial charge in [-0.1, -0.05) is 6.08 Å². The molecule has 5 heteroatoms. The molecule has 3 rings (SSSR count). The second-order valence-corrected chi connectivity index (χ2v) is 6.46. The van der Waals surface area contributed by atoms with E-state index in [2.05, 4.69) is 56.7 Å². The van der Waals surface area contributed by atoms with Crippen LogP contribution in [0, 0.1) is 6.92 Å². The van der Waals surface area contributed by atoms with Crippen molar-refractivity contribution in [3.05, 3.63) is 35.5 Å². The third-order valence-corrected chi connectivity index (χ3v) is 5.19. The molecule has 1 aromatic carbocycles. The average molecular weight is 372 g/mol. The molecule has 0 amide bonds. The van der Waals surface area contributed by atoms with Crippen LogP contribution in [0.4, 0.5) is 0 Å². The second-order valence-electron chi connectivity index (χ2n) is 4.42. The van der Waals surface area contributed by atoms with Crippen molar-refractivity contribution in [2.75, 3.05) is 13.2 Å². The molecule has 1 unspecified atom stereocenters. The van der Waals surface area contributed by atoms with Crippen molar-refractivity contribution in [1.82, 2.24) is 9.55 Å². The molecule has 1 aliphatic heterocycles. The number of hydrogen-bond acceptors (Lipinski definition) is 2. The molecule has 94 valence electrons. The van der Waals surface area contributed by atoms with Gasteiger partial charge in [0.2, 0.25) is 0 Å². The van der Waals surface area contributed by atoms with Gasteiger partial charge in [0.25, 0.3) is 0 Å². The topological polar surface area (TPSA) is 27.1 Å². The Kier molecular flexibility index (Phi) is 3.68. The number of aryl methyl sites for hydroxylation is 1. The molecular weight excluding hydrogens is 358 g/mol. The lowest BCUT2D eigenvalue weighted by molar-refractivity contribution is 0.161. The minimum absolute atomic E-state index is 0.642. The SMILES string of the molecule is Cc1cc2cnn(PI)c2cc1C1=CCOCC1. The Morgan fingerprint density at radius 2 is 2.33 bits per heavy atom. The molecule has 1 atom stereocenters.